The molecular weight excluding hydrogens is 324 g/mol. The summed E-state index contributed by atoms with van der Waals surface area (Å²) >= 11 is 6.14. The number of ether oxygens (including phenoxy) is 1. The van der Waals surface area contributed by atoms with Gasteiger partial charge in [0.1, 0.15) is 5.82 Å². The van der Waals surface area contributed by atoms with E-state index in [1.165, 1.54) is 0 Å². The van der Waals surface area contributed by atoms with Crippen LogP contribution in [-0.2, 0) is 16.0 Å². The topological polar surface area (TPSA) is 52.1 Å². The van der Waals surface area contributed by atoms with E-state index in [4.69, 9.17) is 16.3 Å². The molecule has 1 aromatic heterocycles. The number of rotatable bonds is 5. The summed E-state index contributed by atoms with van der Waals surface area (Å²) in [6, 6.07) is 15.4. The normalized spacial score (nSPS) is 10.8. The summed E-state index contributed by atoms with van der Waals surface area (Å²) < 4.78 is 4.97. The van der Waals surface area contributed by atoms with Crippen molar-refractivity contribution < 1.29 is 9.53 Å². The molecule has 0 N–H and O–H groups in total. The quantitative estimate of drug-likeness (QED) is 0.644. The molecule has 0 fully saturated rings. The molecule has 0 unspecified atom stereocenters. The first kappa shape index (κ1) is 16.4. The number of esters is 1. The minimum absolute atomic E-state index is 0.237. The maximum atomic E-state index is 11.6. The molecule has 5 heteroatoms. The fraction of sp³-hybridized carbons (Fsp3) is 0.211. The summed E-state index contributed by atoms with van der Waals surface area (Å²) in [6.07, 6.45) is 0.707. The van der Waals surface area contributed by atoms with Gasteiger partial charge >= 0.3 is 5.97 Å². The number of fused-ring (bicyclic) bond motifs is 1. The van der Waals surface area contributed by atoms with Crippen LogP contribution < -0.4 is 0 Å². The van der Waals surface area contributed by atoms with Crippen molar-refractivity contribution in [2.45, 2.75) is 19.8 Å². The zero-order chi connectivity index (χ0) is 16.9. The highest BCUT2D eigenvalue weighted by atomic mass is 35.5. The second-order valence-electron chi connectivity index (χ2n) is 5.32. The summed E-state index contributed by atoms with van der Waals surface area (Å²) in [5.74, 6) is 0.385. The van der Waals surface area contributed by atoms with E-state index in [0.717, 1.165) is 22.2 Å². The lowest BCUT2D eigenvalue weighted by Gasteiger charge is -2.09. The minimum Gasteiger partial charge on any atom is -0.466 e. The van der Waals surface area contributed by atoms with Crippen molar-refractivity contribution in [2.24, 2.45) is 0 Å². The molecule has 0 aliphatic carbocycles. The van der Waals surface area contributed by atoms with E-state index < -0.39 is 0 Å². The van der Waals surface area contributed by atoms with Gasteiger partial charge in [0.25, 0.3) is 0 Å². The molecule has 0 amide bonds. The predicted octanol–water partition coefficient (Wildman–Crippen LogP) is 4.45. The maximum absolute atomic E-state index is 11.6. The molecule has 0 aliphatic heterocycles. The number of hydrogen-bond acceptors (Lipinski definition) is 4. The van der Waals surface area contributed by atoms with E-state index in [1.807, 2.05) is 42.5 Å². The smallest absolute Gasteiger partial charge is 0.306 e. The standard InChI is InChI=1S/C19H17ClN2O2/c1-2-24-18(23)11-10-17-21-16-9-8-14(20)12-15(16)19(22-17)13-6-4-3-5-7-13/h3-9,12H,2,10-11H2,1H3. The van der Waals surface area contributed by atoms with Gasteiger partial charge < -0.3 is 4.74 Å². The average Bonchev–Trinajstić information content (AvgIpc) is 2.60. The average molecular weight is 341 g/mol. The minimum atomic E-state index is -0.237. The van der Waals surface area contributed by atoms with E-state index >= 15 is 0 Å². The third-order valence-electron chi connectivity index (χ3n) is 3.61. The molecule has 24 heavy (non-hydrogen) atoms. The second-order valence-corrected chi connectivity index (χ2v) is 5.76. The predicted molar refractivity (Wildman–Crippen MR) is 94.9 cm³/mol. The van der Waals surface area contributed by atoms with Crippen molar-refractivity contribution >= 4 is 28.5 Å². The molecule has 0 saturated heterocycles. The number of aromatic nitrogens is 2. The maximum Gasteiger partial charge on any atom is 0.306 e. The highest BCUT2D eigenvalue weighted by Gasteiger charge is 2.12. The van der Waals surface area contributed by atoms with Crippen LogP contribution in [0.3, 0.4) is 0 Å². The lowest BCUT2D eigenvalue weighted by Crippen LogP contribution is -2.07. The first-order chi connectivity index (χ1) is 11.7. The second kappa shape index (κ2) is 7.41. The van der Waals surface area contributed by atoms with Gasteiger partial charge in [0.05, 0.1) is 24.2 Å². The van der Waals surface area contributed by atoms with E-state index in [9.17, 15) is 4.79 Å². The molecule has 3 aromatic rings. The van der Waals surface area contributed by atoms with Gasteiger partial charge in [0, 0.05) is 22.4 Å². The van der Waals surface area contributed by atoms with Crippen LogP contribution in [0.2, 0.25) is 5.02 Å². The van der Waals surface area contributed by atoms with Crippen LogP contribution in [0.25, 0.3) is 22.2 Å². The first-order valence-electron chi connectivity index (χ1n) is 7.84. The monoisotopic (exact) mass is 340 g/mol. The summed E-state index contributed by atoms with van der Waals surface area (Å²) in [5.41, 5.74) is 2.62. The third kappa shape index (κ3) is 3.71. The highest BCUT2D eigenvalue weighted by molar-refractivity contribution is 6.31. The largest absolute Gasteiger partial charge is 0.466 e. The number of carbonyl (C=O) groups is 1. The van der Waals surface area contributed by atoms with Crippen LogP contribution in [0.1, 0.15) is 19.2 Å². The number of halogens is 1. The molecular formula is C19H17ClN2O2. The fourth-order valence-electron chi connectivity index (χ4n) is 2.52. The van der Waals surface area contributed by atoms with Gasteiger partial charge in [-0.3, -0.25) is 4.79 Å². The van der Waals surface area contributed by atoms with Crippen molar-refractivity contribution in [3.63, 3.8) is 0 Å². The molecule has 2 aromatic carbocycles. The molecule has 0 atom stereocenters. The fourth-order valence-corrected chi connectivity index (χ4v) is 2.70. The van der Waals surface area contributed by atoms with Gasteiger partial charge in [-0.25, -0.2) is 9.97 Å². The number of nitrogens with zero attached hydrogens (tertiary/aromatic N) is 2. The van der Waals surface area contributed by atoms with Crippen molar-refractivity contribution in [2.75, 3.05) is 6.61 Å². The first-order valence-corrected chi connectivity index (χ1v) is 8.22. The molecule has 0 spiro atoms. The Morgan fingerprint density at radius 1 is 1.12 bits per heavy atom. The molecule has 0 saturated carbocycles. The Balaban J connectivity index is 2.03. The summed E-state index contributed by atoms with van der Waals surface area (Å²) in [5, 5.41) is 1.54. The molecule has 3 rings (SSSR count). The van der Waals surface area contributed by atoms with Gasteiger partial charge in [0.2, 0.25) is 0 Å². The van der Waals surface area contributed by atoms with E-state index in [0.29, 0.717) is 23.9 Å². The van der Waals surface area contributed by atoms with Gasteiger partial charge in [-0.15, -0.1) is 0 Å². The van der Waals surface area contributed by atoms with E-state index in [-0.39, 0.29) is 12.4 Å². The summed E-state index contributed by atoms with van der Waals surface area (Å²) in [4.78, 5) is 20.8. The van der Waals surface area contributed by atoms with Crippen LogP contribution in [-0.4, -0.2) is 22.5 Å². The number of hydrogen-bond donors (Lipinski definition) is 0. The Kier molecular flexibility index (Phi) is 5.06. The number of carbonyl (C=O) groups excluding carboxylic acids is 1. The molecule has 0 bridgehead atoms. The van der Waals surface area contributed by atoms with Gasteiger partial charge in [-0.05, 0) is 25.1 Å². The van der Waals surface area contributed by atoms with Crippen molar-refractivity contribution in [1.29, 1.82) is 0 Å². The lowest BCUT2D eigenvalue weighted by molar-refractivity contribution is -0.143. The summed E-state index contributed by atoms with van der Waals surface area (Å²) in [7, 11) is 0. The van der Waals surface area contributed by atoms with Crippen molar-refractivity contribution in [1.82, 2.24) is 9.97 Å². The molecule has 0 radical (unpaired) electrons. The highest BCUT2D eigenvalue weighted by Crippen LogP contribution is 2.28. The lowest BCUT2D eigenvalue weighted by atomic mass is 10.1. The third-order valence-corrected chi connectivity index (χ3v) is 3.84. The Labute approximate surface area is 145 Å². The Hall–Kier alpha value is -2.46. The van der Waals surface area contributed by atoms with Crippen LogP contribution in [0.5, 0.6) is 0 Å². The van der Waals surface area contributed by atoms with E-state index in [2.05, 4.69) is 9.97 Å². The Morgan fingerprint density at radius 2 is 1.92 bits per heavy atom. The van der Waals surface area contributed by atoms with Crippen molar-refractivity contribution in [3.8, 4) is 11.3 Å². The molecule has 1 heterocycles. The number of aryl methyl sites for hydroxylation is 1. The van der Waals surface area contributed by atoms with Crippen LogP contribution in [0.15, 0.2) is 48.5 Å². The number of benzene rings is 2. The van der Waals surface area contributed by atoms with E-state index in [1.54, 1.807) is 13.0 Å². The molecule has 0 aliphatic rings. The van der Waals surface area contributed by atoms with Crippen molar-refractivity contribution in [3.05, 3.63) is 59.4 Å². The van der Waals surface area contributed by atoms with Gasteiger partial charge in [-0.1, -0.05) is 41.9 Å². The zero-order valence-corrected chi connectivity index (χ0v) is 14.1. The SMILES string of the molecule is CCOC(=O)CCc1nc(-c2ccccc2)c2cc(Cl)ccc2n1. The van der Waals surface area contributed by atoms with Crippen LogP contribution in [0, 0.1) is 0 Å². The van der Waals surface area contributed by atoms with Gasteiger partial charge in [-0.2, -0.15) is 0 Å². The molecule has 4 nitrogen and oxygen atoms in total. The Morgan fingerprint density at radius 3 is 2.67 bits per heavy atom. The van der Waals surface area contributed by atoms with Crippen LogP contribution in [0.4, 0.5) is 0 Å². The molecule has 122 valence electrons. The van der Waals surface area contributed by atoms with Gasteiger partial charge in [0.15, 0.2) is 0 Å². The van der Waals surface area contributed by atoms with Crippen LogP contribution >= 0.6 is 11.6 Å². The zero-order valence-electron chi connectivity index (χ0n) is 13.3. The Bertz CT molecular complexity index is 866. The summed E-state index contributed by atoms with van der Waals surface area (Å²) in [6.45, 7) is 2.17.